The molecule has 0 aliphatic heterocycles. The number of hydrogen-bond acceptors (Lipinski definition) is 3. The second-order valence-corrected chi connectivity index (χ2v) is 4.99. The van der Waals surface area contributed by atoms with Crippen molar-refractivity contribution in [2.24, 2.45) is 5.41 Å². The van der Waals surface area contributed by atoms with Crippen LogP contribution in [0.1, 0.15) is 39.5 Å². The molecule has 0 aliphatic rings. The molecule has 0 saturated heterocycles. The van der Waals surface area contributed by atoms with E-state index in [0.717, 1.165) is 12.8 Å². The maximum absolute atomic E-state index is 13.2. The van der Waals surface area contributed by atoms with Crippen LogP contribution in [0.5, 0.6) is 5.75 Å². The predicted molar refractivity (Wildman–Crippen MR) is 79.4 cm³/mol. The first-order valence-corrected chi connectivity index (χ1v) is 7.09. The number of amides is 1. The summed E-state index contributed by atoms with van der Waals surface area (Å²) in [6, 6.07) is 6.04. The van der Waals surface area contributed by atoms with E-state index in [1.807, 2.05) is 13.8 Å². The number of ether oxygens (including phenoxy) is 1. The summed E-state index contributed by atoms with van der Waals surface area (Å²) in [5, 5.41) is 12.2. The second-order valence-electron chi connectivity index (χ2n) is 4.99. The molecule has 21 heavy (non-hydrogen) atoms. The predicted octanol–water partition coefficient (Wildman–Crippen LogP) is 3.88. The Morgan fingerprint density at radius 3 is 2.48 bits per heavy atom. The first-order valence-electron chi connectivity index (χ1n) is 7.09. The molecular weight excluding hydrogens is 271 g/mol. The minimum atomic E-state index is -1.05. The Bertz CT molecular complexity index is 532. The van der Waals surface area contributed by atoms with E-state index < -0.39 is 11.2 Å². The molecule has 0 aromatic heterocycles. The lowest BCUT2D eigenvalue weighted by atomic mass is 9.79. The molecule has 0 atom stereocenters. The van der Waals surface area contributed by atoms with Crippen molar-refractivity contribution in [3.63, 3.8) is 0 Å². The third-order valence-corrected chi connectivity index (χ3v) is 3.41. The van der Waals surface area contributed by atoms with Crippen LogP contribution in [0.2, 0.25) is 0 Å². The molecule has 0 saturated carbocycles. The third kappa shape index (κ3) is 3.94. The smallest absolute Gasteiger partial charge is 0.244 e. The summed E-state index contributed by atoms with van der Waals surface area (Å²) in [5.74, 6) is -0.569. The maximum Gasteiger partial charge on any atom is 0.244 e. The van der Waals surface area contributed by atoms with Crippen LogP contribution in [0.4, 0.5) is 10.1 Å². The highest BCUT2D eigenvalue weighted by molar-refractivity contribution is 5.98. The monoisotopic (exact) mass is 292 g/mol. The molecule has 0 spiro atoms. The Morgan fingerprint density at radius 2 is 2.00 bits per heavy atom. The highest BCUT2D eigenvalue weighted by Crippen LogP contribution is 2.33. The van der Waals surface area contributed by atoms with E-state index in [-0.39, 0.29) is 11.7 Å². The zero-order chi connectivity index (χ0) is 15.9. The van der Waals surface area contributed by atoms with Gasteiger partial charge in [0.2, 0.25) is 5.91 Å². The zero-order valence-electron chi connectivity index (χ0n) is 12.7. The van der Waals surface area contributed by atoms with Crippen LogP contribution in [0.15, 0.2) is 18.2 Å². The Labute approximate surface area is 124 Å². The van der Waals surface area contributed by atoms with Crippen molar-refractivity contribution >= 4 is 11.6 Å². The SMILES string of the molecule is CCCC(C#N)(CCC)C(=O)Nc1ccc(F)cc1OC. The van der Waals surface area contributed by atoms with E-state index in [1.165, 1.54) is 25.3 Å². The fourth-order valence-electron chi connectivity index (χ4n) is 2.38. The summed E-state index contributed by atoms with van der Waals surface area (Å²) in [6.45, 7) is 3.88. The van der Waals surface area contributed by atoms with Crippen LogP contribution >= 0.6 is 0 Å². The van der Waals surface area contributed by atoms with Crippen LogP contribution in [-0.4, -0.2) is 13.0 Å². The van der Waals surface area contributed by atoms with Crippen molar-refractivity contribution in [2.45, 2.75) is 39.5 Å². The van der Waals surface area contributed by atoms with Crippen LogP contribution in [0.25, 0.3) is 0 Å². The summed E-state index contributed by atoms with van der Waals surface area (Å²) < 4.78 is 18.2. The van der Waals surface area contributed by atoms with Gasteiger partial charge in [-0.15, -0.1) is 0 Å². The van der Waals surface area contributed by atoms with Gasteiger partial charge in [-0.3, -0.25) is 4.79 Å². The number of nitrogens with one attached hydrogen (secondary N) is 1. The number of benzene rings is 1. The topological polar surface area (TPSA) is 62.1 Å². The van der Waals surface area contributed by atoms with Gasteiger partial charge >= 0.3 is 0 Å². The average Bonchev–Trinajstić information content (AvgIpc) is 2.48. The van der Waals surface area contributed by atoms with Crippen molar-refractivity contribution < 1.29 is 13.9 Å². The molecule has 114 valence electrons. The van der Waals surface area contributed by atoms with E-state index in [4.69, 9.17) is 4.74 Å². The Hall–Kier alpha value is -2.09. The molecule has 0 aliphatic carbocycles. The average molecular weight is 292 g/mol. The quantitative estimate of drug-likeness (QED) is 0.829. The lowest BCUT2D eigenvalue weighted by Crippen LogP contribution is -2.35. The molecule has 1 aromatic carbocycles. The Morgan fingerprint density at radius 1 is 1.38 bits per heavy atom. The number of nitriles is 1. The van der Waals surface area contributed by atoms with Crippen LogP contribution in [0, 0.1) is 22.6 Å². The van der Waals surface area contributed by atoms with Crippen molar-refractivity contribution in [1.29, 1.82) is 5.26 Å². The molecule has 1 rings (SSSR count). The first-order chi connectivity index (χ1) is 10.0. The van der Waals surface area contributed by atoms with Gasteiger partial charge in [0.05, 0.1) is 18.9 Å². The summed E-state index contributed by atoms with van der Waals surface area (Å²) in [4.78, 5) is 12.5. The lowest BCUT2D eigenvalue weighted by molar-refractivity contribution is -0.123. The number of methoxy groups -OCH3 is 1. The van der Waals surface area contributed by atoms with Gasteiger partial charge in [0.1, 0.15) is 17.0 Å². The Balaban J connectivity index is 3.05. The van der Waals surface area contributed by atoms with Gasteiger partial charge in [-0.1, -0.05) is 26.7 Å². The molecular formula is C16H21FN2O2. The largest absolute Gasteiger partial charge is 0.494 e. The molecule has 0 unspecified atom stereocenters. The fourth-order valence-corrected chi connectivity index (χ4v) is 2.38. The molecule has 0 fully saturated rings. The van der Waals surface area contributed by atoms with E-state index in [9.17, 15) is 14.4 Å². The van der Waals surface area contributed by atoms with Crippen LogP contribution in [0.3, 0.4) is 0 Å². The molecule has 0 bridgehead atoms. The normalized spacial score (nSPS) is 10.8. The van der Waals surface area contributed by atoms with Crippen molar-refractivity contribution in [3.8, 4) is 11.8 Å². The van der Waals surface area contributed by atoms with Crippen molar-refractivity contribution in [2.75, 3.05) is 12.4 Å². The van der Waals surface area contributed by atoms with Crippen LogP contribution < -0.4 is 10.1 Å². The van der Waals surface area contributed by atoms with Gasteiger partial charge < -0.3 is 10.1 Å². The number of carbonyl (C=O) groups excluding carboxylic acids is 1. The van der Waals surface area contributed by atoms with Gasteiger partial charge in [-0.25, -0.2) is 4.39 Å². The van der Waals surface area contributed by atoms with Gasteiger partial charge in [0.25, 0.3) is 0 Å². The van der Waals surface area contributed by atoms with Gasteiger partial charge in [-0.2, -0.15) is 5.26 Å². The number of rotatable bonds is 7. The molecule has 0 radical (unpaired) electrons. The van der Waals surface area contributed by atoms with Gasteiger partial charge in [-0.05, 0) is 25.0 Å². The van der Waals surface area contributed by atoms with Gasteiger partial charge in [0, 0.05) is 6.07 Å². The molecule has 1 N–H and O–H groups in total. The molecule has 0 heterocycles. The first kappa shape index (κ1) is 17.0. The summed E-state index contributed by atoms with van der Waals surface area (Å²) in [5.41, 5.74) is -0.682. The standard InChI is InChI=1S/C16H21FN2O2/c1-4-8-16(11-18,9-5-2)15(20)19-13-7-6-12(17)10-14(13)21-3/h6-7,10H,4-5,8-9H2,1-3H3,(H,19,20). The number of hydrogen-bond donors (Lipinski definition) is 1. The summed E-state index contributed by atoms with van der Waals surface area (Å²) in [7, 11) is 1.40. The number of carbonyl (C=O) groups is 1. The van der Waals surface area contributed by atoms with E-state index in [1.54, 1.807) is 0 Å². The van der Waals surface area contributed by atoms with Crippen molar-refractivity contribution in [3.05, 3.63) is 24.0 Å². The number of anilines is 1. The maximum atomic E-state index is 13.2. The summed E-state index contributed by atoms with van der Waals surface area (Å²) in [6.07, 6.45) is 2.46. The number of halogens is 1. The zero-order valence-corrected chi connectivity index (χ0v) is 12.7. The van der Waals surface area contributed by atoms with Gasteiger partial charge in [0.15, 0.2) is 0 Å². The van der Waals surface area contributed by atoms with E-state index in [0.29, 0.717) is 18.5 Å². The molecule has 4 nitrogen and oxygen atoms in total. The molecule has 5 heteroatoms. The highest BCUT2D eigenvalue weighted by Gasteiger charge is 2.37. The molecule has 1 amide bonds. The Kier molecular flexibility index (Phi) is 6.16. The third-order valence-electron chi connectivity index (χ3n) is 3.41. The lowest BCUT2D eigenvalue weighted by Gasteiger charge is -2.25. The van der Waals surface area contributed by atoms with Crippen molar-refractivity contribution in [1.82, 2.24) is 0 Å². The number of nitrogens with zero attached hydrogens (tertiary/aromatic N) is 1. The summed E-state index contributed by atoms with van der Waals surface area (Å²) >= 11 is 0. The minimum absolute atomic E-state index is 0.239. The minimum Gasteiger partial charge on any atom is -0.494 e. The highest BCUT2D eigenvalue weighted by atomic mass is 19.1. The van der Waals surface area contributed by atoms with E-state index >= 15 is 0 Å². The fraction of sp³-hybridized carbons (Fsp3) is 0.500. The van der Waals surface area contributed by atoms with Crippen LogP contribution in [-0.2, 0) is 4.79 Å². The second kappa shape index (κ2) is 7.63. The van der Waals surface area contributed by atoms with E-state index in [2.05, 4.69) is 11.4 Å². The molecule has 1 aromatic rings.